The van der Waals surface area contributed by atoms with Crippen LogP contribution in [0.15, 0.2) is 47.5 Å². The minimum atomic E-state index is 0.0525. The van der Waals surface area contributed by atoms with Crippen molar-refractivity contribution in [3.05, 3.63) is 53.1 Å². The van der Waals surface area contributed by atoms with Gasteiger partial charge in [0, 0.05) is 6.21 Å². The maximum absolute atomic E-state index is 9.60. The molecule has 0 aromatic heterocycles. The summed E-state index contributed by atoms with van der Waals surface area (Å²) < 4.78 is 0. The average molecular weight is 248 g/mol. The van der Waals surface area contributed by atoms with E-state index in [1.807, 2.05) is 0 Å². The normalized spacial score (nSPS) is 10.9. The Hall–Kier alpha value is -2.00. The van der Waals surface area contributed by atoms with E-state index in [1.54, 1.807) is 36.4 Å². The molecule has 0 spiro atoms. The molecule has 0 aliphatic heterocycles. The van der Waals surface area contributed by atoms with Gasteiger partial charge < -0.3 is 10.2 Å². The number of aliphatic imine (C=N–C) groups is 1. The van der Waals surface area contributed by atoms with Gasteiger partial charge in [-0.25, -0.2) is 0 Å². The van der Waals surface area contributed by atoms with E-state index in [-0.39, 0.29) is 11.5 Å². The molecule has 2 N–H and O–H groups in total. The van der Waals surface area contributed by atoms with Gasteiger partial charge in [0.15, 0.2) is 0 Å². The van der Waals surface area contributed by atoms with E-state index in [2.05, 4.69) is 4.99 Å². The molecule has 4 heteroatoms. The zero-order valence-electron chi connectivity index (χ0n) is 8.84. The molecule has 2 aromatic carbocycles. The van der Waals surface area contributed by atoms with Crippen LogP contribution >= 0.6 is 11.6 Å². The number of hydrogen-bond donors (Lipinski definition) is 2. The van der Waals surface area contributed by atoms with Crippen molar-refractivity contribution in [1.29, 1.82) is 0 Å². The van der Waals surface area contributed by atoms with Crippen molar-refractivity contribution in [2.45, 2.75) is 0 Å². The van der Waals surface area contributed by atoms with Gasteiger partial charge in [-0.3, -0.25) is 4.99 Å². The van der Waals surface area contributed by atoms with Crippen molar-refractivity contribution in [3.63, 3.8) is 0 Å². The summed E-state index contributed by atoms with van der Waals surface area (Å²) in [4.78, 5) is 4.08. The first-order chi connectivity index (χ1) is 8.18. The summed E-state index contributed by atoms with van der Waals surface area (Å²) >= 11 is 5.92. The highest BCUT2D eigenvalue weighted by Gasteiger charge is 2.03. The summed E-state index contributed by atoms with van der Waals surface area (Å²) in [5.41, 5.74) is 0.851. The van der Waals surface area contributed by atoms with Crippen LogP contribution in [-0.2, 0) is 0 Å². The molecule has 0 aliphatic carbocycles. The second-order valence-corrected chi connectivity index (χ2v) is 3.83. The molecule has 0 bridgehead atoms. The number of phenols is 2. The Bertz CT molecular complexity index is 547. The van der Waals surface area contributed by atoms with Crippen LogP contribution in [0.1, 0.15) is 5.56 Å². The lowest BCUT2D eigenvalue weighted by Gasteiger charge is -2.01. The molecule has 0 saturated carbocycles. The minimum absolute atomic E-state index is 0.0525. The largest absolute Gasteiger partial charge is 0.507 e. The van der Waals surface area contributed by atoms with Crippen LogP contribution in [0.2, 0.25) is 5.02 Å². The van der Waals surface area contributed by atoms with Crippen molar-refractivity contribution in [2.24, 2.45) is 4.99 Å². The summed E-state index contributed by atoms with van der Waals surface area (Å²) in [6.07, 6.45) is 1.42. The van der Waals surface area contributed by atoms with Crippen molar-refractivity contribution >= 4 is 23.5 Å². The number of hydrogen-bond acceptors (Lipinski definition) is 3. The molecule has 2 aromatic rings. The highest BCUT2D eigenvalue weighted by Crippen LogP contribution is 2.27. The summed E-state index contributed by atoms with van der Waals surface area (Å²) in [6.45, 7) is 0. The summed E-state index contributed by atoms with van der Waals surface area (Å²) in [6, 6.07) is 11.5. The van der Waals surface area contributed by atoms with Crippen molar-refractivity contribution in [2.75, 3.05) is 0 Å². The Kier molecular flexibility index (Phi) is 3.30. The third-order valence-electron chi connectivity index (χ3n) is 2.24. The van der Waals surface area contributed by atoms with E-state index in [9.17, 15) is 10.2 Å². The molecule has 0 unspecified atom stereocenters. The molecule has 0 amide bonds. The minimum Gasteiger partial charge on any atom is -0.507 e. The predicted molar refractivity (Wildman–Crippen MR) is 68.5 cm³/mol. The molecule has 2 rings (SSSR count). The van der Waals surface area contributed by atoms with Gasteiger partial charge in [-0.2, -0.15) is 0 Å². The first-order valence-electron chi connectivity index (χ1n) is 4.98. The zero-order valence-corrected chi connectivity index (χ0v) is 9.59. The van der Waals surface area contributed by atoms with E-state index >= 15 is 0 Å². The molecule has 0 aliphatic rings. The number of halogens is 1. The third-order valence-corrected chi connectivity index (χ3v) is 2.57. The number of para-hydroxylation sites is 2. The van der Waals surface area contributed by atoms with Crippen molar-refractivity contribution in [1.82, 2.24) is 0 Å². The third kappa shape index (κ3) is 2.57. The Morgan fingerprint density at radius 2 is 1.65 bits per heavy atom. The van der Waals surface area contributed by atoms with Crippen molar-refractivity contribution in [3.8, 4) is 11.5 Å². The monoisotopic (exact) mass is 247 g/mol. The lowest BCUT2D eigenvalue weighted by Crippen LogP contribution is -1.83. The van der Waals surface area contributed by atoms with E-state index in [4.69, 9.17) is 11.6 Å². The Labute approximate surface area is 104 Å². The van der Waals surface area contributed by atoms with Crippen LogP contribution in [0.4, 0.5) is 5.69 Å². The SMILES string of the molecule is Oc1ccccc1N=Cc1c(O)cccc1Cl. The van der Waals surface area contributed by atoms with Crippen LogP contribution in [0.25, 0.3) is 0 Å². The van der Waals surface area contributed by atoms with Gasteiger partial charge in [-0.1, -0.05) is 29.8 Å². The van der Waals surface area contributed by atoms with E-state index in [1.165, 1.54) is 12.3 Å². The number of phenolic OH excluding ortho intramolecular Hbond substituents is 2. The quantitative estimate of drug-likeness (QED) is 0.798. The van der Waals surface area contributed by atoms with E-state index in [0.29, 0.717) is 16.3 Å². The lowest BCUT2D eigenvalue weighted by atomic mass is 10.2. The molecule has 3 nitrogen and oxygen atoms in total. The maximum atomic E-state index is 9.60. The lowest BCUT2D eigenvalue weighted by molar-refractivity contribution is 0.474. The summed E-state index contributed by atoms with van der Waals surface area (Å²) in [5.74, 6) is 0.131. The highest BCUT2D eigenvalue weighted by molar-refractivity contribution is 6.33. The topological polar surface area (TPSA) is 52.8 Å². The second kappa shape index (κ2) is 4.89. The summed E-state index contributed by atoms with van der Waals surface area (Å²) in [5, 5.41) is 19.5. The fourth-order valence-corrected chi connectivity index (χ4v) is 1.58. The molecular weight excluding hydrogens is 238 g/mol. The Morgan fingerprint density at radius 1 is 0.941 bits per heavy atom. The number of benzene rings is 2. The molecule has 86 valence electrons. The smallest absolute Gasteiger partial charge is 0.141 e. The predicted octanol–water partition coefficient (Wildman–Crippen LogP) is 3.50. The molecule has 17 heavy (non-hydrogen) atoms. The molecule has 0 heterocycles. The van der Waals surface area contributed by atoms with Gasteiger partial charge in [0.2, 0.25) is 0 Å². The average Bonchev–Trinajstić information content (AvgIpc) is 2.30. The molecular formula is C13H10ClNO2. The standard InChI is InChI=1S/C13H10ClNO2/c14-10-4-3-7-12(16)9(10)8-15-11-5-1-2-6-13(11)17/h1-8,16-17H. The number of aromatic hydroxyl groups is 2. The number of rotatable bonds is 2. The van der Waals surface area contributed by atoms with Gasteiger partial charge in [0.25, 0.3) is 0 Å². The fraction of sp³-hybridized carbons (Fsp3) is 0. The molecule has 0 radical (unpaired) electrons. The van der Waals surface area contributed by atoms with Gasteiger partial charge in [0.05, 0.1) is 10.6 Å². The van der Waals surface area contributed by atoms with Gasteiger partial charge in [0.1, 0.15) is 17.2 Å². The zero-order chi connectivity index (χ0) is 12.3. The second-order valence-electron chi connectivity index (χ2n) is 3.42. The van der Waals surface area contributed by atoms with Gasteiger partial charge in [-0.15, -0.1) is 0 Å². The number of nitrogens with zero attached hydrogens (tertiary/aromatic N) is 1. The van der Waals surface area contributed by atoms with Crippen molar-refractivity contribution < 1.29 is 10.2 Å². The molecule has 0 saturated heterocycles. The molecule has 0 fully saturated rings. The van der Waals surface area contributed by atoms with Gasteiger partial charge >= 0.3 is 0 Å². The Balaban J connectivity index is 2.36. The van der Waals surface area contributed by atoms with Crippen LogP contribution in [0, 0.1) is 0 Å². The highest BCUT2D eigenvalue weighted by atomic mass is 35.5. The van der Waals surface area contributed by atoms with Crippen LogP contribution in [0.5, 0.6) is 11.5 Å². The molecule has 0 atom stereocenters. The first kappa shape index (κ1) is 11.5. The van der Waals surface area contributed by atoms with E-state index < -0.39 is 0 Å². The van der Waals surface area contributed by atoms with Crippen LogP contribution in [0.3, 0.4) is 0 Å². The summed E-state index contributed by atoms with van der Waals surface area (Å²) in [7, 11) is 0. The Morgan fingerprint density at radius 3 is 2.35 bits per heavy atom. The fourth-order valence-electron chi connectivity index (χ4n) is 1.36. The van der Waals surface area contributed by atoms with Gasteiger partial charge in [-0.05, 0) is 24.3 Å². The van der Waals surface area contributed by atoms with E-state index in [0.717, 1.165) is 0 Å². The maximum Gasteiger partial charge on any atom is 0.141 e. The van der Waals surface area contributed by atoms with Crippen LogP contribution < -0.4 is 0 Å². The first-order valence-corrected chi connectivity index (χ1v) is 5.36. The van der Waals surface area contributed by atoms with Crippen LogP contribution in [-0.4, -0.2) is 16.4 Å².